The molecule has 0 heterocycles. The van der Waals surface area contributed by atoms with Crippen molar-refractivity contribution in [2.24, 2.45) is 11.8 Å². The lowest BCUT2D eigenvalue weighted by atomic mass is 9.73. The zero-order chi connectivity index (χ0) is 14.9. The molecule has 2 unspecified atom stereocenters. The number of carboxylic acid groups (broad SMARTS) is 1. The summed E-state index contributed by atoms with van der Waals surface area (Å²) in [6, 6.07) is 4.76. The molecule has 1 aliphatic carbocycles. The highest BCUT2D eigenvalue weighted by Gasteiger charge is 2.42. The Balaban J connectivity index is 2.04. The highest BCUT2D eigenvalue weighted by atomic mass is 19.1. The fourth-order valence-electron chi connectivity index (χ4n) is 2.53. The zero-order valence-electron chi connectivity index (χ0n) is 11.6. The van der Waals surface area contributed by atoms with E-state index in [1.807, 2.05) is 6.92 Å². The molecular weight excluding hydrogens is 261 g/mol. The molecule has 4 nitrogen and oxygen atoms in total. The number of halogens is 1. The van der Waals surface area contributed by atoms with Crippen LogP contribution in [0.4, 0.5) is 4.39 Å². The third-order valence-electron chi connectivity index (χ3n) is 3.89. The number of carboxylic acids is 1. The fourth-order valence-corrected chi connectivity index (χ4v) is 2.53. The van der Waals surface area contributed by atoms with E-state index < -0.39 is 17.8 Å². The van der Waals surface area contributed by atoms with Gasteiger partial charge < -0.3 is 10.0 Å². The summed E-state index contributed by atoms with van der Waals surface area (Å²) in [6.45, 7) is 2.02. The minimum atomic E-state index is -0.926. The lowest BCUT2D eigenvalue weighted by Crippen LogP contribution is -2.44. The van der Waals surface area contributed by atoms with Crippen LogP contribution in [-0.4, -0.2) is 28.9 Å². The SMILES string of the molecule is Cc1ccc(F)c(CN(C)C(=O)C2CCC2C(=O)O)c1. The van der Waals surface area contributed by atoms with Crippen LogP contribution in [0.1, 0.15) is 24.0 Å². The van der Waals surface area contributed by atoms with Crippen molar-refractivity contribution in [3.63, 3.8) is 0 Å². The van der Waals surface area contributed by atoms with E-state index in [9.17, 15) is 14.0 Å². The monoisotopic (exact) mass is 279 g/mol. The number of hydrogen-bond acceptors (Lipinski definition) is 2. The van der Waals surface area contributed by atoms with Crippen molar-refractivity contribution in [2.75, 3.05) is 7.05 Å². The molecule has 1 N–H and O–H groups in total. The van der Waals surface area contributed by atoms with Gasteiger partial charge in [0.25, 0.3) is 0 Å². The molecule has 0 bridgehead atoms. The molecule has 1 fully saturated rings. The first kappa shape index (κ1) is 14.5. The van der Waals surface area contributed by atoms with Gasteiger partial charge in [-0.1, -0.05) is 17.7 Å². The van der Waals surface area contributed by atoms with Crippen molar-refractivity contribution >= 4 is 11.9 Å². The molecule has 20 heavy (non-hydrogen) atoms. The highest BCUT2D eigenvalue weighted by molar-refractivity contribution is 5.86. The largest absolute Gasteiger partial charge is 0.481 e. The maximum Gasteiger partial charge on any atom is 0.307 e. The van der Waals surface area contributed by atoms with Crippen molar-refractivity contribution in [3.8, 4) is 0 Å². The van der Waals surface area contributed by atoms with E-state index in [1.165, 1.54) is 11.0 Å². The van der Waals surface area contributed by atoms with Gasteiger partial charge in [0.1, 0.15) is 5.82 Å². The first-order valence-corrected chi connectivity index (χ1v) is 6.63. The number of amides is 1. The summed E-state index contributed by atoms with van der Waals surface area (Å²) in [6.07, 6.45) is 1.13. The van der Waals surface area contributed by atoms with Gasteiger partial charge in [-0.2, -0.15) is 0 Å². The van der Waals surface area contributed by atoms with Crippen LogP contribution in [0.3, 0.4) is 0 Å². The summed E-state index contributed by atoms with van der Waals surface area (Å²) < 4.78 is 13.7. The average Bonchev–Trinajstić information content (AvgIpc) is 2.31. The lowest BCUT2D eigenvalue weighted by Gasteiger charge is -2.35. The Labute approximate surface area is 117 Å². The zero-order valence-corrected chi connectivity index (χ0v) is 11.6. The molecule has 0 aliphatic heterocycles. The predicted octanol–water partition coefficient (Wildman–Crippen LogP) is 2.20. The van der Waals surface area contributed by atoms with Crippen LogP contribution in [0.2, 0.25) is 0 Å². The summed E-state index contributed by atoms with van der Waals surface area (Å²) in [5.74, 6) is -2.55. The molecule has 1 aromatic carbocycles. The van der Waals surface area contributed by atoms with E-state index in [0.717, 1.165) is 5.56 Å². The Kier molecular flexibility index (Phi) is 4.06. The van der Waals surface area contributed by atoms with Crippen LogP contribution in [0, 0.1) is 24.6 Å². The molecule has 0 aromatic heterocycles. The number of aliphatic carboxylic acids is 1. The molecule has 1 saturated carbocycles. The summed E-state index contributed by atoms with van der Waals surface area (Å²) in [4.78, 5) is 24.5. The quantitative estimate of drug-likeness (QED) is 0.919. The van der Waals surface area contributed by atoms with Crippen molar-refractivity contribution < 1.29 is 19.1 Å². The van der Waals surface area contributed by atoms with Crippen LogP contribution >= 0.6 is 0 Å². The van der Waals surface area contributed by atoms with Crippen molar-refractivity contribution in [2.45, 2.75) is 26.3 Å². The number of rotatable bonds is 4. The van der Waals surface area contributed by atoms with Crippen molar-refractivity contribution in [3.05, 3.63) is 35.1 Å². The third kappa shape index (κ3) is 2.81. The van der Waals surface area contributed by atoms with Crippen LogP contribution in [0.15, 0.2) is 18.2 Å². The predicted molar refractivity (Wildman–Crippen MR) is 71.5 cm³/mol. The molecule has 5 heteroatoms. The second-order valence-electron chi connectivity index (χ2n) is 5.42. The van der Waals surface area contributed by atoms with Gasteiger partial charge in [-0.3, -0.25) is 9.59 Å². The molecule has 0 spiro atoms. The van der Waals surface area contributed by atoms with Gasteiger partial charge in [-0.15, -0.1) is 0 Å². The molecule has 1 aromatic rings. The first-order chi connectivity index (χ1) is 9.40. The number of carbonyl (C=O) groups is 2. The minimum absolute atomic E-state index is 0.162. The van der Waals surface area contributed by atoms with Gasteiger partial charge in [-0.05, 0) is 25.8 Å². The molecule has 108 valence electrons. The summed E-state index contributed by atoms with van der Waals surface area (Å²) >= 11 is 0. The van der Waals surface area contributed by atoms with Gasteiger partial charge in [0.05, 0.1) is 11.8 Å². The topological polar surface area (TPSA) is 57.6 Å². The Morgan fingerprint density at radius 1 is 1.35 bits per heavy atom. The van der Waals surface area contributed by atoms with Crippen molar-refractivity contribution in [1.82, 2.24) is 4.90 Å². The minimum Gasteiger partial charge on any atom is -0.481 e. The van der Waals surface area contributed by atoms with E-state index in [2.05, 4.69) is 0 Å². The maximum absolute atomic E-state index is 13.7. The normalized spacial score (nSPS) is 21.1. The average molecular weight is 279 g/mol. The first-order valence-electron chi connectivity index (χ1n) is 6.63. The maximum atomic E-state index is 13.7. The molecule has 2 rings (SSSR count). The Morgan fingerprint density at radius 3 is 2.55 bits per heavy atom. The van der Waals surface area contributed by atoms with E-state index in [4.69, 9.17) is 5.11 Å². The number of hydrogen-bond donors (Lipinski definition) is 1. The highest BCUT2D eigenvalue weighted by Crippen LogP contribution is 2.35. The van der Waals surface area contributed by atoms with Gasteiger partial charge in [0.15, 0.2) is 0 Å². The van der Waals surface area contributed by atoms with E-state index in [1.54, 1.807) is 19.2 Å². The summed E-state index contributed by atoms with van der Waals surface area (Å²) in [7, 11) is 1.58. The second-order valence-corrected chi connectivity index (χ2v) is 5.42. The van der Waals surface area contributed by atoms with Gasteiger partial charge in [0, 0.05) is 19.2 Å². The number of nitrogens with zero attached hydrogens (tertiary/aromatic N) is 1. The molecule has 0 radical (unpaired) electrons. The number of aryl methyl sites for hydroxylation is 1. The molecular formula is C15H18FNO3. The molecule has 0 saturated heterocycles. The van der Waals surface area contributed by atoms with Gasteiger partial charge in [0.2, 0.25) is 5.91 Å². The Bertz CT molecular complexity index is 544. The molecule has 2 atom stereocenters. The van der Waals surface area contributed by atoms with E-state index in [0.29, 0.717) is 18.4 Å². The Morgan fingerprint density at radius 2 is 2.00 bits per heavy atom. The number of carbonyl (C=O) groups excluding carboxylic acids is 1. The molecule has 1 amide bonds. The summed E-state index contributed by atoms with van der Waals surface area (Å²) in [5.41, 5.74) is 1.38. The van der Waals surface area contributed by atoms with Crippen LogP contribution in [0.5, 0.6) is 0 Å². The standard InChI is InChI=1S/C15H18FNO3/c1-9-3-6-13(16)10(7-9)8-17(2)14(18)11-4-5-12(11)15(19)20/h3,6-7,11-12H,4-5,8H2,1-2H3,(H,19,20). The Hall–Kier alpha value is -1.91. The second kappa shape index (κ2) is 5.61. The van der Waals surface area contributed by atoms with Gasteiger partial charge >= 0.3 is 5.97 Å². The van der Waals surface area contributed by atoms with E-state index in [-0.39, 0.29) is 18.3 Å². The van der Waals surface area contributed by atoms with E-state index >= 15 is 0 Å². The van der Waals surface area contributed by atoms with Gasteiger partial charge in [-0.25, -0.2) is 4.39 Å². The number of benzene rings is 1. The fraction of sp³-hybridized carbons (Fsp3) is 0.467. The van der Waals surface area contributed by atoms with Crippen LogP contribution in [0.25, 0.3) is 0 Å². The lowest BCUT2D eigenvalue weighted by molar-refractivity contribution is -0.156. The summed E-state index contributed by atoms with van der Waals surface area (Å²) in [5, 5.41) is 8.97. The smallest absolute Gasteiger partial charge is 0.307 e. The van der Waals surface area contributed by atoms with Crippen LogP contribution < -0.4 is 0 Å². The third-order valence-corrected chi connectivity index (χ3v) is 3.89. The van der Waals surface area contributed by atoms with Crippen molar-refractivity contribution in [1.29, 1.82) is 0 Å². The van der Waals surface area contributed by atoms with Crippen LogP contribution in [-0.2, 0) is 16.1 Å². The molecule has 1 aliphatic rings.